The molecule has 0 bridgehead atoms. The molecule has 2 aliphatic heterocycles. The van der Waals surface area contributed by atoms with Crippen molar-refractivity contribution < 1.29 is 28.6 Å². The third-order valence-electron chi connectivity index (χ3n) is 5.59. The lowest BCUT2D eigenvalue weighted by molar-refractivity contribution is -0.140. The molecule has 0 aliphatic carbocycles. The van der Waals surface area contributed by atoms with Crippen molar-refractivity contribution >= 4 is 17.4 Å². The number of halogens is 1. The van der Waals surface area contributed by atoms with Gasteiger partial charge in [-0.1, -0.05) is 12.1 Å². The number of rotatable bonds is 6. The first kappa shape index (κ1) is 21.1. The van der Waals surface area contributed by atoms with Gasteiger partial charge >= 0.3 is 0 Å². The Balaban J connectivity index is 1.77. The fourth-order valence-corrected chi connectivity index (χ4v) is 4.10. The Morgan fingerprint density at radius 3 is 2.48 bits per heavy atom. The number of aliphatic hydroxyl groups excluding tert-OH is 1. The summed E-state index contributed by atoms with van der Waals surface area (Å²) in [5.74, 6) is -1.53. The number of Topliss-reactive ketones (excluding diaryl/α,β-unsaturated/α-hetero) is 1. The van der Waals surface area contributed by atoms with E-state index in [4.69, 9.17) is 9.47 Å². The number of hydrogen-bond acceptors (Lipinski definition) is 5. The molecule has 162 valence electrons. The molecule has 1 amide bonds. The van der Waals surface area contributed by atoms with Crippen molar-refractivity contribution in [3.8, 4) is 5.75 Å². The van der Waals surface area contributed by atoms with Crippen LogP contribution in [-0.4, -0.2) is 47.6 Å². The van der Waals surface area contributed by atoms with E-state index in [1.165, 1.54) is 29.2 Å². The Morgan fingerprint density at radius 2 is 1.87 bits per heavy atom. The summed E-state index contributed by atoms with van der Waals surface area (Å²) in [5.41, 5.74) is 0.926. The fraction of sp³-hybridized carbons (Fsp3) is 0.333. The van der Waals surface area contributed by atoms with E-state index in [-0.39, 0.29) is 24.0 Å². The molecule has 2 atom stereocenters. The van der Waals surface area contributed by atoms with Gasteiger partial charge in [0.05, 0.1) is 24.3 Å². The van der Waals surface area contributed by atoms with E-state index in [2.05, 4.69) is 0 Å². The lowest BCUT2D eigenvalue weighted by Gasteiger charge is -2.27. The molecule has 2 saturated heterocycles. The quantitative estimate of drug-likeness (QED) is 0.433. The largest absolute Gasteiger partial charge is 0.507 e. The summed E-state index contributed by atoms with van der Waals surface area (Å²) in [4.78, 5) is 27.3. The summed E-state index contributed by atoms with van der Waals surface area (Å²) in [6.07, 6.45) is 1.51. The minimum absolute atomic E-state index is 0.0150. The molecule has 31 heavy (non-hydrogen) atoms. The van der Waals surface area contributed by atoms with Gasteiger partial charge in [0, 0.05) is 18.7 Å². The zero-order chi connectivity index (χ0) is 22.0. The van der Waals surface area contributed by atoms with Crippen LogP contribution in [0.1, 0.15) is 36.9 Å². The van der Waals surface area contributed by atoms with E-state index in [1.807, 2.05) is 6.92 Å². The highest BCUT2D eigenvalue weighted by molar-refractivity contribution is 6.46. The van der Waals surface area contributed by atoms with E-state index in [0.717, 1.165) is 12.8 Å². The second-order valence-corrected chi connectivity index (χ2v) is 7.60. The molecule has 2 heterocycles. The summed E-state index contributed by atoms with van der Waals surface area (Å²) in [7, 11) is 0. The number of benzene rings is 2. The second kappa shape index (κ2) is 8.89. The zero-order valence-electron chi connectivity index (χ0n) is 17.2. The Kier molecular flexibility index (Phi) is 6.04. The summed E-state index contributed by atoms with van der Waals surface area (Å²) in [6.45, 7) is 3.21. The van der Waals surface area contributed by atoms with Gasteiger partial charge in [-0.15, -0.1) is 0 Å². The summed E-state index contributed by atoms with van der Waals surface area (Å²) in [5, 5.41) is 11.0. The molecule has 2 unspecified atom stereocenters. The molecule has 2 aromatic rings. The number of ether oxygens (including phenoxy) is 2. The molecule has 0 aromatic heterocycles. The lowest BCUT2D eigenvalue weighted by Crippen LogP contribution is -2.36. The summed E-state index contributed by atoms with van der Waals surface area (Å²) in [6, 6.07) is 11.4. The normalized spacial score (nSPS) is 22.8. The molecule has 0 radical (unpaired) electrons. The van der Waals surface area contributed by atoms with E-state index in [0.29, 0.717) is 30.1 Å². The molecule has 2 fully saturated rings. The average Bonchev–Trinajstić information content (AvgIpc) is 3.37. The Hall–Kier alpha value is -3.19. The lowest BCUT2D eigenvalue weighted by atomic mass is 9.95. The first-order valence-electron chi connectivity index (χ1n) is 10.4. The fourth-order valence-electron chi connectivity index (χ4n) is 4.10. The zero-order valence-corrected chi connectivity index (χ0v) is 17.2. The van der Waals surface area contributed by atoms with E-state index in [1.54, 1.807) is 24.3 Å². The highest BCUT2D eigenvalue weighted by Crippen LogP contribution is 2.40. The van der Waals surface area contributed by atoms with Gasteiger partial charge in [0.2, 0.25) is 0 Å². The van der Waals surface area contributed by atoms with E-state index < -0.39 is 23.5 Å². The number of hydrogen-bond donors (Lipinski definition) is 1. The molecular formula is C24H24FNO5. The first-order valence-corrected chi connectivity index (χ1v) is 10.4. The highest BCUT2D eigenvalue weighted by Gasteiger charge is 2.47. The topological polar surface area (TPSA) is 76.1 Å². The number of ketones is 1. The van der Waals surface area contributed by atoms with Crippen LogP contribution in [0.25, 0.3) is 5.76 Å². The second-order valence-electron chi connectivity index (χ2n) is 7.60. The summed E-state index contributed by atoms with van der Waals surface area (Å²) < 4.78 is 24.6. The van der Waals surface area contributed by atoms with Crippen LogP contribution in [0.3, 0.4) is 0 Å². The monoisotopic (exact) mass is 425 g/mol. The summed E-state index contributed by atoms with van der Waals surface area (Å²) >= 11 is 0. The third kappa shape index (κ3) is 4.18. The number of carbonyl (C=O) groups excluding carboxylic acids is 2. The smallest absolute Gasteiger partial charge is 0.295 e. The van der Waals surface area contributed by atoms with Crippen molar-refractivity contribution in [2.24, 2.45) is 0 Å². The van der Waals surface area contributed by atoms with Crippen LogP contribution in [0.15, 0.2) is 54.1 Å². The molecule has 0 saturated carbocycles. The minimum atomic E-state index is -0.823. The van der Waals surface area contributed by atoms with Crippen LogP contribution in [-0.2, 0) is 14.3 Å². The minimum Gasteiger partial charge on any atom is -0.507 e. The molecule has 7 heteroatoms. The van der Waals surface area contributed by atoms with Gasteiger partial charge in [-0.3, -0.25) is 9.59 Å². The maximum absolute atomic E-state index is 13.5. The Bertz CT molecular complexity index is 994. The number of likely N-dealkylation sites (tertiary alicyclic amines) is 1. The highest BCUT2D eigenvalue weighted by atomic mass is 19.1. The van der Waals surface area contributed by atoms with Gasteiger partial charge in [-0.05, 0) is 61.7 Å². The van der Waals surface area contributed by atoms with Crippen LogP contribution in [0, 0.1) is 5.82 Å². The van der Waals surface area contributed by atoms with Crippen LogP contribution in [0.2, 0.25) is 0 Å². The molecule has 2 aromatic carbocycles. The average molecular weight is 425 g/mol. The van der Waals surface area contributed by atoms with Gasteiger partial charge in [0.25, 0.3) is 11.7 Å². The molecule has 1 N–H and O–H groups in total. The van der Waals surface area contributed by atoms with E-state index >= 15 is 0 Å². The molecule has 2 aliphatic rings. The van der Waals surface area contributed by atoms with Crippen molar-refractivity contribution in [2.45, 2.75) is 31.9 Å². The maximum atomic E-state index is 13.5. The van der Waals surface area contributed by atoms with Gasteiger partial charge < -0.3 is 19.5 Å². The number of nitrogens with zero attached hydrogens (tertiary/aromatic N) is 1. The van der Waals surface area contributed by atoms with Gasteiger partial charge in [0.15, 0.2) is 0 Å². The molecule has 4 rings (SSSR count). The van der Waals surface area contributed by atoms with Crippen LogP contribution in [0.5, 0.6) is 5.75 Å². The number of aliphatic hydroxyl groups is 1. The predicted octanol–water partition coefficient (Wildman–Crippen LogP) is 3.83. The van der Waals surface area contributed by atoms with Crippen molar-refractivity contribution in [3.05, 3.63) is 71.0 Å². The first-order chi connectivity index (χ1) is 15.0. The molecular weight excluding hydrogens is 401 g/mol. The van der Waals surface area contributed by atoms with Crippen LogP contribution >= 0.6 is 0 Å². The predicted molar refractivity (Wildman–Crippen MR) is 112 cm³/mol. The third-order valence-corrected chi connectivity index (χ3v) is 5.59. The van der Waals surface area contributed by atoms with Gasteiger partial charge in [-0.2, -0.15) is 0 Å². The SMILES string of the molecule is CCOc1ccc(C(O)=C2C(=O)C(=O)N(CC3CCCO3)C2c2ccc(F)cc2)cc1. The van der Waals surface area contributed by atoms with Gasteiger partial charge in [-0.25, -0.2) is 4.39 Å². The van der Waals surface area contributed by atoms with Crippen molar-refractivity contribution in [1.82, 2.24) is 4.90 Å². The Labute approximate surface area is 179 Å². The van der Waals surface area contributed by atoms with Crippen molar-refractivity contribution in [3.63, 3.8) is 0 Å². The van der Waals surface area contributed by atoms with Gasteiger partial charge in [0.1, 0.15) is 17.3 Å². The number of carbonyl (C=O) groups is 2. The maximum Gasteiger partial charge on any atom is 0.295 e. The molecule has 0 spiro atoms. The number of amides is 1. The Morgan fingerprint density at radius 1 is 1.16 bits per heavy atom. The van der Waals surface area contributed by atoms with Crippen LogP contribution in [0.4, 0.5) is 4.39 Å². The van der Waals surface area contributed by atoms with Crippen molar-refractivity contribution in [1.29, 1.82) is 0 Å². The van der Waals surface area contributed by atoms with Crippen molar-refractivity contribution in [2.75, 3.05) is 19.8 Å². The van der Waals surface area contributed by atoms with E-state index in [9.17, 15) is 19.1 Å². The molecule has 6 nitrogen and oxygen atoms in total. The van der Waals surface area contributed by atoms with Crippen LogP contribution < -0.4 is 4.74 Å². The standard InChI is InChI=1S/C24H24FNO5/c1-2-30-18-11-7-16(8-12-18)22(27)20-21(15-5-9-17(25)10-6-15)26(24(29)23(20)28)14-19-4-3-13-31-19/h5-12,19,21,27H,2-4,13-14H2,1H3.